The monoisotopic (exact) mass is 696 g/mol. The van der Waals surface area contributed by atoms with Crippen LogP contribution in [0.5, 0.6) is 0 Å². The van der Waals surface area contributed by atoms with E-state index in [0.717, 1.165) is 83.5 Å². The van der Waals surface area contributed by atoms with Crippen LogP contribution in [0.15, 0.2) is 65.1 Å². The highest BCUT2D eigenvalue weighted by molar-refractivity contribution is 6.08. The fourth-order valence-electron chi connectivity index (χ4n) is 7.50. The molecule has 0 amide bonds. The predicted molar refractivity (Wildman–Crippen MR) is 218 cm³/mol. The van der Waals surface area contributed by atoms with Gasteiger partial charge in [-0.25, -0.2) is 9.37 Å². The minimum Gasteiger partial charge on any atom is -0.462 e. The molecule has 0 saturated carbocycles. The van der Waals surface area contributed by atoms with E-state index in [9.17, 15) is 4.79 Å². The Balaban J connectivity index is 1.38. The Labute approximate surface area is 309 Å². The average Bonchev–Trinajstić information content (AvgIpc) is 3.16. The van der Waals surface area contributed by atoms with Gasteiger partial charge in [-0.3, -0.25) is 0 Å². The van der Waals surface area contributed by atoms with Crippen molar-refractivity contribution < 1.29 is 13.9 Å². The molecule has 0 unspecified atom stereocenters. The third-order valence-electron chi connectivity index (χ3n) is 10.6. The van der Waals surface area contributed by atoms with E-state index in [1.165, 1.54) is 89.9 Å². The van der Waals surface area contributed by atoms with Crippen LogP contribution in [0.2, 0.25) is 0 Å². The summed E-state index contributed by atoms with van der Waals surface area (Å²) in [6.45, 7) is 15.1. The molecule has 2 aliphatic rings. The molecule has 0 saturated heterocycles. The van der Waals surface area contributed by atoms with Crippen LogP contribution in [0.25, 0.3) is 33.4 Å². The molecule has 0 atom stereocenters. The van der Waals surface area contributed by atoms with Crippen molar-refractivity contribution in [3.8, 4) is 22.5 Å². The lowest BCUT2D eigenvalue weighted by atomic mass is 9.90. The summed E-state index contributed by atoms with van der Waals surface area (Å²) < 4.78 is 14.9. The number of anilines is 1. The zero-order chi connectivity index (χ0) is 36.3. The molecule has 5 nitrogen and oxygen atoms in total. The quantitative estimate of drug-likeness (QED) is 0.0317. The highest BCUT2D eigenvalue weighted by atomic mass is 16.5. The smallest absolute Gasteiger partial charge is 0.338 e. The van der Waals surface area contributed by atoms with E-state index in [1.54, 1.807) is 0 Å². The van der Waals surface area contributed by atoms with Gasteiger partial charge in [0.15, 0.2) is 0 Å². The van der Waals surface area contributed by atoms with Gasteiger partial charge in [0.05, 0.1) is 18.2 Å². The summed E-state index contributed by atoms with van der Waals surface area (Å²) in [6, 6.07) is 20.8. The van der Waals surface area contributed by atoms with Crippen molar-refractivity contribution in [1.29, 1.82) is 0 Å². The number of ether oxygens (including phenoxy) is 1. The Morgan fingerprint density at radius 2 is 1.24 bits per heavy atom. The Kier molecular flexibility index (Phi) is 17.6. The van der Waals surface area contributed by atoms with E-state index in [1.807, 2.05) is 18.2 Å². The van der Waals surface area contributed by atoms with Gasteiger partial charge in [0.25, 0.3) is 0 Å². The molecule has 1 heterocycles. The van der Waals surface area contributed by atoms with Crippen molar-refractivity contribution in [2.24, 2.45) is 0 Å². The fourth-order valence-corrected chi connectivity index (χ4v) is 7.50. The maximum absolute atomic E-state index is 13.7. The fraction of sp³-hybridized carbons (Fsp3) is 0.565. The van der Waals surface area contributed by atoms with Crippen LogP contribution in [0.4, 0.5) is 5.69 Å². The predicted octanol–water partition coefficient (Wildman–Crippen LogP) is 12.3. The zero-order valence-electron chi connectivity index (χ0n) is 32.7. The molecule has 1 aliphatic carbocycles. The van der Waals surface area contributed by atoms with Crippen molar-refractivity contribution in [3.05, 3.63) is 71.6 Å². The van der Waals surface area contributed by atoms with Gasteiger partial charge in [-0.1, -0.05) is 121 Å². The third-order valence-corrected chi connectivity index (χ3v) is 10.6. The van der Waals surface area contributed by atoms with Gasteiger partial charge in [-0.05, 0) is 63.9 Å². The Hall–Kier alpha value is -3.60. The topological polar surface area (TPSA) is 45.7 Å². The second-order valence-corrected chi connectivity index (χ2v) is 14.2. The summed E-state index contributed by atoms with van der Waals surface area (Å²) in [5.74, 6) is 0.558. The van der Waals surface area contributed by atoms with Gasteiger partial charge in [0, 0.05) is 47.4 Å². The van der Waals surface area contributed by atoms with Crippen molar-refractivity contribution >= 4 is 22.6 Å². The van der Waals surface area contributed by atoms with E-state index in [-0.39, 0.29) is 5.97 Å². The summed E-state index contributed by atoms with van der Waals surface area (Å²) in [6.07, 6.45) is 21.2. The lowest BCUT2D eigenvalue weighted by molar-refractivity contribution is 0.0498. The van der Waals surface area contributed by atoms with E-state index in [0.29, 0.717) is 12.2 Å². The standard InChI is InChI=1S/C46H67N2O3/c1-6-11-12-13-14-15-16-17-18-19-20-21-22-23-24-27-34-50-46(49)40-29-26-25-28-39(40)45-41-32-30-37(47(7-2)8-3)35-43(41)51-44-36-38(31-33-42(44)45)48(9-4)10-5/h25-26,28-33,35-36H,6-24,27,34H2,1-5H3/q+1. The number of nitrogens with zero attached hydrogens (tertiary/aromatic N) is 2. The minimum atomic E-state index is -0.256. The molecule has 51 heavy (non-hydrogen) atoms. The van der Waals surface area contributed by atoms with E-state index in [4.69, 9.17) is 9.15 Å². The normalized spacial score (nSPS) is 11.4. The number of benzene rings is 3. The molecule has 1 aliphatic heterocycles. The molecule has 278 valence electrons. The highest BCUT2D eigenvalue weighted by Gasteiger charge is 2.23. The molecule has 2 aromatic carbocycles. The molecular weight excluding hydrogens is 629 g/mol. The first-order valence-electron chi connectivity index (χ1n) is 20.7. The van der Waals surface area contributed by atoms with Crippen LogP contribution in [0, 0.1) is 0 Å². The van der Waals surface area contributed by atoms with Gasteiger partial charge < -0.3 is 14.1 Å². The van der Waals surface area contributed by atoms with E-state index in [2.05, 4.69) is 86.6 Å². The summed E-state index contributed by atoms with van der Waals surface area (Å²) in [5.41, 5.74) is 5.43. The average molecular weight is 696 g/mol. The first kappa shape index (κ1) is 40.2. The lowest BCUT2D eigenvalue weighted by Crippen LogP contribution is -2.29. The number of carbonyl (C=O) groups excluding carboxylic acids is 1. The van der Waals surface area contributed by atoms with Crippen LogP contribution < -0.4 is 14.8 Å². The molecule has 0 bridgehead atoms. The Bertz CT molecular complexity index is 1640. The molecule has 0 N–H and O–H groups in total. The number of esters is 1. The molecular formula is C46H67N2O3+. The van der Waals surface area contributed by atoms with Crippen molar-refractivity contribution in [1.82, 2.24) is 4.58 Å². The summed E-state index contributed by atoms with van der Waals surface area (Å²) >= 11 is 0. The minimum absolute atomic E-state index is 0.256. The molecule has 5 heteroatoms. The van der Waals surface area contributed by atoms with Gasteiger partial charge in [-0.2, -0.15) is 0 Å². The van der Waals surface area contributed by atoms with Crippen LogP contribution in [-0.2, 0) is 4.74 Å². The molecule has 0 spiro atoms. The van der Waals surface area contributed by atoms with E-state index >= 15 is 0 Å². The first-order chi connectivity index (χ1) is 25.1. The highest BCUT2D eigenvalue weighted by Crippen LogP contribution is 2.42. The Morgan fingerprint density at radius 1 is 0.647 bits per heavy atom. The number of unbranched alkanes of at least 4 members (excludes halogenated alkanes) is 15. The van der Waals surface area contributed by atoms with Crippen LogP contribution in [0.3, 0.4) is 0 Å². The number of fused-ring (bicyclic) bond motifs is 2. The molecule has 0 aromatic heterocycles. The second-order valence-electron chi connectivity index (χ2n) is 14.2. The molecule has 0 radical (unpaired) electrons. The number of hydrogen-bond acceptors (Lipinski definition) is 4. The van der Waals surface area contributed by atoms with Crippen molar-refractivity contribution in [2.45, 2.75) is 137 Å². The number of carbonyl (C=O) groups is 1. The van der Waals surface area contributed by atoms with E-state index < -0.39 is 0 Å². The second kappa shape index (κ2) is 22.4. The van der Waals surface area contributed by atoms with Crippen LogP contribution >= 0.6 is 0 Å². The van der Waals surface area contributed by atoms with Gasteiger partial charge in [0.1, 0.15) is 24.4 Å². The van der Waals surface area contributed by atoms with Crippen LogP contribution in [0.1, 0.15) is 148 Å². The zero-order valence-corrected chi connectivity index (χ0v) is 32.7. The lowest BCUT2D eigenvalue weighted by Gasteiger charge is -2.22. The molecule has 2 aromatic rings. The van der Waals surface area contributed by atoms with Crippen LogP contribution in [-0.4, -0.2) is 38.8 Å². The number of hydrogen-bond donors (Lipinski definition) is 0. The Morgan fingerprint density at radius 3 is 1.82 bits per heavy atom. The van der Waals surface area contributed by atoms with Gasteiger partial charge in [-0.15, -0.1) is 0 Å². The maximum atomic E-state index is 13.7. The summed E-state index contributed by atoms with van der Waals surface area (Å²) in [7, 11) is 0. The third kappa shape index (κ3) is 11.7. The molecule has 0 fully saturated rings. The summed E-state index contributed by atoms with van der Waals surface area (Å²) in [5, 5.41) is 2.12. The molecule has 4 rings (SSSR count). The SMILES string of the molecule is CCCCCCCCCCCCCCCCCCOC(=O)c1ccccc1-c1c2ccc(=[N+](CC)CC)cc-2oc2cc(N(CC)CC)ccc12. The largest absolute Gasteiger partial charge is 0.462 e. The maximum Gasteiger partial charge on any atom is 0.338 e. The van der Waals surface area contributed by atoms with Gasteiger partial charge in [0.2, 0.25) is 5.36 Å². The van der Waals surface area contributed by atoms with Crippen molar-refractivity contribution in [2.75, 3.05) is 37.7 Å². The van der Waals surface area contributed by atoms with Crippen molar-refractivity contribution in [3.63, 3.8) is 0 Å². The summed E-state index contributed by atoms with van der Waals surface area (Å²) in [4.78, 5) is 16.0. The number of rotatable bonds is 24. The van der Waals surface area contributed by atoms with Gasteiger partial charge >= 0.3 is 5.97 Å². The first-order valence-corrected chi connectivity index (χ1v) is 20.7.